The largest absolute Gasteiger partial charge is 0.416 e. The molecule has 1 N–H and O–H groups in total. The zero-order valence-electron chi connectivity index (χ0n) is 18.4. The van der Waals surface area contributed by atoms with Crippen molar-refractivity contribution in [2.45, 2.75) is 44.0 Å². The molecule has 2 aromatic carbocycles. The van der Waals surface area contributed by atoms with E-state index in [0.29, 0.717) is 37.9 Å². The Kier molecular flexibility index (Phi) is 5.89. The van der Waals surface area contributed by atoms with Crippen molar-refractivity contribution < 1.29 is 23.1 Å². The monoisotopic (exact) mass is 470 g/mol. The molecule has 1 saturated heterocycles. The van der Waals surface area contributed by atoms with Crippen molar-refractivity contribution in [3.05, 3.63) is 71.4 Å². The summed E-state index contributed by atoms with van der Waals surface area (Å²) in [6, 6.07) is 12.7. The number of halogens is 3. The number of benzene rings is 2. The average molecular weight is 470 g/mol. The molecule has 2 unspecified atom stereocenters. The molecular weight excluding hydrogens is 445 g/mol. The number of hydrogen-bond acceptors (Lipinski definition) is 4. The molecule has 2 aliphatic rings. The number of fused-ring (bicyclic) bond motifs is 3. The lowest BCUT2D eigenvalue weighted by atomic mass is 9.86. The maximum absolute atomic E-state index is 12.7. The molecule has 1 aromatic heterocycles. The smallest absolute Gasteiger partial charge is 0.393 e. The second-order valence-corrected chi connectivity index (χ2v) is 9.06. The van der Waals surface area contributed by atoms with Crippen LogP contribution in [0.1, 0.15) is 42.0 Å². The van der Waals surface area contributed by atoms with E-state index in [1.54, 1.807) is 11.1 Å². The van der Waals surface area contributed by atoms with Crippen LogP contribution in [0.25, 0.3) is 11.3 Å². The summed E-state index contributed by atoms with van der Waals surface area (Å²) in [5.41, 5.74) is 3.02. The van der Waals surface area contributed by atoms with Crippen LogP contribution in [0.3, 0.4) is 0 Å². The number of nitrogens with zero attached hydrogens (tertiary/aromatic N) is 4. The van der Waals surface area contributed by atoms with Gasteiger partial charge in [0.15, 0.2) is 0 Å². The predicted octanol–water partition coefficient (Wildman–Crippen LogP) is 4.10. The maximum atomic E-state index is 12.7. The van der Waals surface area contributed by atoms with Crippen LogP contribution in [0, 0.1) is 5.92 Å². The molecule has 1 amide bonds. The summed E-state index contributed by atoms with van der Waals surface area (Å²) in [5.74, 6) is -0.0421. The Morgan fingerprint density at radius 2 is 1.79 bits per heavy atom. The third-order valence-electron chi connectivity index (χ3n) is 7.00. The van der Waals surface area contributed by atoms with Gasteiger partial charge in [-0.05, 0) is 42.0 Å². The van der Waals surface area contributed by atoms with Crippen LogP contribution in [0.15, 0.2) is 54.7 Å². The first-order valence-corrected chi connectivity index (χ1v) is 11.4. The Balaban J connectivity index is 1.16. The van der Waals surface area contributed by atoms with Crippen molar-refractivity contribution in [3.63, 3.8) is 0 Å². The van der Waals surface area contributed by atoms with E-state index in [4.69, 9.17) is 0 Å². The number of piperidine rings is 1. The zero-order chi connectivity index (χ0) is 23.9. The predicted molar refractivity (Wildman–Crippen MR) is 119 cm³/mol. The van der Waals surface area contributed by atoms with E-state index in [9.17, 15) is 23.1 Å². The average Bonchev–Trinajstić information content (AvgIpc) is 3.41. The molecule has 0 aliphatic carbocycles. The summed E-state index contributed by atoms with van der Waals surface area (Å²) in [5, 5.41) is 19.3. The number of alkyl halides is 3. The minimum Gasteiger partial charge on any atom is -0.393 e. The number of rotatable bonds is 5. The van der Waals surface area contributed by atoms with Gasteiger partial charge in [-0.3, -0.25) is 4.79 Å². The van der Waals surface area contributed by atoms with Crippen molar-refractivity contribution in [2.24, 2.45) is 5.92 Å². The highest BCUT2D eigenvalue weighted by Crippen LogP contribution is 2.41. The molecule has 2 atom stereocenters. The lowest BCUT2D eigenvalue weighted by molar-refractivity contribution is -0.137. The Morgan fingerprint density at radius 1 is 1.09 bits per heavy atom. The number of aromatic nitrogens is 3. The number of hydrogen-bond donors (Lipinski definition) is 1. The molecule has 2 aliphatic heterocycles. The number of carbonyl (C=O) groups is 1. The molecular formula is C25H25F3N4O2. The third kappa shape index (κ3) is 4.32. The molecule has 0 bridgehead atoms. The maximum Gasteiger partial charge on any atom is 0.416 e. The molecule has 3 heterocycles. The Labute approximate surface area is 195 Å². The quantitative estimate of drug-likeness (QED) is 0.610. The van der Waals surface area contributed by atoms with Crippen LogP contribution in [-0.4, -0.2) is 50.1 Å². The van der Waals surface area contributed by atoms with Gasteiger partial charge in [0.05, 0.1) is 36.0 Å². The van der Waals surface area contributed by atoms with Crippen LogP contribution in [0.4, 0.5) is 13.2 Å². The van der Waals surface area contributed by atoms with Crippen molar-refractivity contribution in [1.29, 1.82) is 0 Å². The molecule has 1 fully saturated rings. The van der Waals surface area contributed by atoms with Crippen LogP contribution in [-0.2, 0) is 17.4 Å². The van der Waals surface area contributed by atoms with Gasteiger partial charge in [-0.2, -0.15) is 13.2 Å². The van der Waals surface area contributed by atoms with Crippen LogP contribution >= 0.6 is 0 Å². The van der Waals surface area contributed by atoms with Gasteiger partial charge in [-0.15, -0.1) is 5.10 Å². The van der Waals surface area contributed by atoms with Gasteiger partial charge in [-0.1, -0.05) is 41.6 Å². The molecule has 0 spiro atoms. The summed E-state index contributed by atoms with van der Waals surface area (Å²) in [7, 11) is 0. The number of aliphatic hydroxyl groups excluding tert-OH is 1. The summed E-state index contributed by atoms with van der Waals surface area (Å²) in [4.78, 5) is 14.4. The second kappa shape index (κ2) is 8.87. The molecule has 0 saturated carbocycles. The Hall–Kier alpha value is -3.20. The van der Waals surface area contributed by atoms with Crippen LogP contribution in [0.5, 0.6) is 0 Å². The van der Waals surface area contributed by atoms with Gasteiger partial charge in [0.2, 0.25) is 5.91 Å². The van der Waals surface area contributed by atoms with Gasteiger partial charge < -0.3 is 10.0 Å². The minimum absolute atomic E-state index is 0.0647. The topological polar surface area (TPSA) is 71.2 Å². The molecule has 6 nitrogen and oxygen atoms in total. The van der Waals surface area contributed by atoms with E-state index in [2.05, 4.69) is 16.4 Å². The van der Waals surface area contributed by atoms with E-state index in [1.165, 1.54) is 12.1 Å². The lowest BCUT2D eigenvalue weighted by Crippen LogP contribution is -2.42. The zero-order valence-corrected chi connectivity index (χ0v) is 18.4. The van der Waals surface area contributed by atoms with E-state index < -0.39 is 17.8 Å². The van der Waals surface area contributed by atoms with Crippen molar-refractivity contribution in [2.75, 3.05) is 13.1 Å². The molecule has 9 heteroatoms. The fraction of sp³-hybridized carbons (Fsp3) is 0.400. The fourth-order valence-corrected chi connectivity index (χ4v) is 5.10. The molecule has 5 rings (SSSR count). The van der Waals surface area contributed by atoms with Crippen molar-refractivity contribution >= 4 is 5.91 Å². The highest BCUT2D eigenvalue weighted by atomic mass is 19.4. The van der Waals surface area contributed by atoms with E-state index in [1.807, 2.05) is 22.9 Å². The van der Waals surface area contributed by atoms with Gasteiger partial charge in [0, 0.05) is 25.1 Å². The van der Waals surface area contributed by atoms with Crippen LogP contribution in [0.2, 0.25) is 0 Å². The Morgan fingerprint density at radius 3 is 2.50 bits per heavy atom. The first kappa shape index (κ1) is 22.6. The van der Waals surface area contributed by atoms with Gasteiger partial charge in [-0.25, -0.2) is 4.68 Å². The molecule has 34 heavy (non-hydrogen) atoms. The first-order chi connectivity index (χ1) is 16.3. The minimum atomic E-state index is -4.39. The summed E-state index contributed by atoms with van der Waals surface area (Å²) in [6.07, 6.45) is -1.23. The summed E-state index contributed by atoms with van der Waals surface area (Å²) < 4.78 is 40.1. The highest BCUT2D eigenvalue weighted by Gasteiger charge is 2.35. The molecule has 3 aromatic rings. The van der Waals surface area contributed by atoms with Crippen molar-refractivity contribution in [1.82, 2.24) is 19.9 Å². The lowest BCUT2D eigenvalue weighted by Gasteiger charge is -2.35. The van der Waals surface area contributed by atoms with E-state index in [-0.39, 0.29) is 24.3 Å². The standard InChI is InChI=1S/C25H25F3N4O2/c26-25(27,28)18-7-5-16(6-8-18)13-24(34)31-11-9-17(10-12-31)23(33)14-21-19-3-1-2-4-20(19)22-15-29-30-32(21)22/h1-8,15,17,21,23,33H,9-14H2. The summed E-state index contributed by atoms with van der Waals surface area (Å²) in [6.45, 7) is 1.05. The van der Waals surface area contributed by atoms with Gasteiger partial charge in [0.1, 0.15) is 0 Å². The fourth-order valence-electron chi connectivity index (χ4n) is 5.10. The third-order valence-corrected chi connectivity index (χ3v) is 7.00. The number of carbonyl (C=O) groups excluding carboxylic acids is 1. The molecule has 178 valence electrons. The van der Waals surface area contributed by atoms with Crippen molar-refractivity contribution in [3.8, 4) is 11.3 Å². The highest BCUT2D eigenvalue weighted by molar-refractivity contribution is 5.78. The van der Waals surface area contributed by atoms with Gasteiger partial charge in [0.25, 0.3) is 0 Å². The molecule has 0 radical (unpaired) electrons. The van der Waals surface area contributed by atoms with E-state index >= 15 is 0 Å². The number of likely N-dealkylation sites (tertiary alicyclic amines) is 1. The van der Waals surface area contributed by atoms with Gasteiger partial charge >= 0.3 is 6.18 Å². The SMILES string of the molecule is O=C(Cc1ccc(C(F)(F)F)cc1)N1CCC(C(O)CC2c3ccccc3-c3cnnn32)CC1. The normalized spacial score (nSPS) is 19.1. The number of aliphatic hydroxyl groups is 1. The van der Waals surface area contributed by atoms with E-state index in [0.717, 1.165) is 29.0 Å². The Bertz CT molecular complexity index is 1170. The first-order valence-electron chi connectivity index (χ1n) is 11.4. The number of amides is 1. The van der Waals surface area contributed by atoms with Crippen LogP contribution < -0.4 is 0 Å². The second-order valence-electron chi connectivity index (χ2n) is 9.06. The summed E-state index contributed by atoms with van der Waals surface area (Å²) >= 11 is 0.